The average molecular weight is 238 g/mol. The summed E-state index contributed by atoms with van der Waals surface area (Å²) in [5, 5.41) is 0. The number of rotatable bonds is 4. The molecule has 2 atom stereocenters. The molecule has 0 bridgehead atoms. The third-order valence-corrected chi connectivity index (χ3v) is 4.30. The number of hydrogen-bond acceptors (Lipinski definition) is 2. The summed E-state index contributed by atoms with van der Waals surface area (Å²) in [5.74, 6) is 0.772. The molecule has 0 aliphatic heterocycles. The molecule has 100 valence electrons. The van der Waals surface area contributed by atoms with Gasteiger partial charge in [0.25, 0.3) is 0 Å². The first-order valence-corrected chi connectivity index (χ1v) is 7.70. The summed E-state index contributed by atoms with van der Waals surface area (Å²) in [6.07, 6.45) is 11.0. The minimum Gasteiger partial charge on any atom is -0.326 e. The molecule has 0 radical (unpaired) electrons. The molecule has 2 fully saturated rings. The molecule has 0 heterocycles. The normalized spacial score (nSPS) is 31.6. The summed E-state index contributed by atoms with van der Waals surface area (Å²) in [6, 6.07) is 1.97. The minimum atomic E-state index is 0.426. The second kappa shape index (κ2) is 6.19. The van der Waals surface area contributed by atoms with Crippen molar-refractivity contribution in [2.75, 3.05) is 6.54 Å². The lowest BCUT2D eigenvalue weighted by molar-refractivity contribution is 0.124. The Morgan fingerprint density at radius 3 is 2.24 bits per heavy atom. The van der Waals surface area contributed by atoms with E-state index in [4.69, 9.17) is 5.73 Å². The molecule has 0 saturated heterocycles. The van der Waals surface area contributed by atoms with Gasteiger partial charge in [-0.15, -0.1) is 0 Å². The zero-order valence-corrected chi connectivity index (χ0v) is 11.7. The van der Waals surface area contributed by atoms with Gasteiger partial charge in [-0.05, 0) is 31.6 Å². The molecule has 0 aromatic carbocycles. The quantitative estimate of drug-likeness (QED) is 0.815. The van der Waals surface area contributed by atoms with E-state index in [2.05, 4.69) is 18.7 Å². The molecule has 0 amide bonds. The van der Waals surface area contributed by atoms with Crippen molar-refractivity contribution in [1.82, 2.24) is 4.90 Å². The highest BCUT2D eigenvalue weighted by Crippen LogP contribution is 2.33. The van der Waals surface area contributed by atoms with Crippen molar-refractivity contribution in [3.63, 3.8) is 0 Å². The van der Waals surface area contributed by atoms with Crippen LogP contribution in [0.25, 0.3) is 0 Å². The lowest BCUT2D eigenvalue weighted by atomic mass is 9.91. The van der Waals surface area contributed by atoms with Crippen LogP contribution in [0.4, 0.5) is 0 Å². The van der Waals surface area contributed by atoms with Crippen molar-refractivity contribution < 1.29 is 0 Å². The van der Waals surface area contributed by atoms with E-state index in [0.29, 0.717) is 12.1 Å². The van der Waals surface area contributed by atoms with Gasteiger partial charge in [0.05, 0.1) is 0 Å². The smallest absolute Gasteiger partial charge is 0.0250 e. The van der Waals surface area contributed by atoms with Gasteiger partial charge in [0.1, 0.15) is 0 Å². The molecule has 2 nitrogen and oxygen atoms in total. The average Bonchev–Trinajstić information content (AvgIpc) is 3.05. The lowest BCUT2D eigenvalue weighted by Gasteiger charge is -2.38. The fourth-order valence-electron chi connectivity index (χ4n) is 3.29. The monoisotopic (exact) mass is 238 g/mol. The zero-order valence-electron chi connectivity index (χ0n) is 11.7. The van der Waals surface area contributed by atoms with Crippen LogP contribution in [0.15, 0.2) is 0 Å². The van der Waals surface area contributed by atoms with Crippen molar-refractivity contribution in [2.45, 2.75) is 83.3 Å². The SMILES string of the molecule is CC(C)CN(C1CC1)C1CCCCCCC1N. The second-order valence-corrected chi connectivity index (χ2v) is 6.54. The van der Waals surface area contributed by atoms with Crippen LogP contribution < -0.4 is 5.73 Å². The topological polar surface area (TPSA) is 29.3 Å². The standard InChI is InChI=1S/C15H30N2/c1-12(2)11-17(13-9-10-13)15-8-6-4-3-5-7-14(15)16/h12-15H,3-11,16H2,1-2H3. The lowest BCUT2D eigenvalue weighted by Crippen LogP contribution is -2.50. The molecule has 2 heteroatoms. The van der Waals surface area contributed by atoms with Crippen LogP contribution in [0.2, 0.25) is 0 Å². The van der Waals surface area contributed by atoms with E-state index in [1.54, 1.807) is 0 Å². The first-order chi connectivity index (χ1) is 8.18. The van der Waals surface area contributed by atoms with E-state index in [0.717, 1.165) is 12.0 Å². The van der Waals surface area contributed by atoms with Crippen LogP contribution in [0.1, 0.15) is 65.2 Å². The van der Waals surface area contributed by atoms with Gasteiger partial charge in [-0.3, -0.25) is 4.90 Å². The van der Waals surface area contributed by atoms with Gasteiger partial charge < -0.3 is 5.73 Å². The molecule has 0 aromatic rings. The maximum absolute atomic E-state index is 6.45. The van der Waals surface area contributed by atoms with Gasteiger partial charge >= 0.3 is 0 Å². The highest BCUT2D eigenvalue weighted by Gasteiger charge is 2.36. The van der Waals surface area contributed by atoms with E-state index in [1.807, 2.05) is 0 Å². The summed E-state index contributed by atoms with van der Waals surface area (Å²) in [6.45, 7) is 5.93. The Morgan fingerprint density at radius 1 is 1.00 bits per heavy atom. The first kappa shape index (κ1) is 13.4. The Labute approximate surface area is 107 Å². The highest BCUT2D eigenvalue weighted by molar-refractivity contribution is 4.93. The third-order valence-electron chi connectivity index (χ3n) is 4.30. The number of nitrogens with zero attached hydrogens (tertiary/aromatic N) is 1. The molecular formula is C15H30N2. The van der Waals surface area contributed by atoms with Gasteiger partial charge in [0.15, 0.2) is 0 Å². The largest absolute Gasteiger partial charge is 0.326 e. The Hall–Kier alpha value is -0.0800. The van der Waals surface area contributed by atoms with Crippen LogP contribution in [-0.4, -0.2) is 29.6 Å². The fraction of sp³-hybridized carbons (Fsp3) is 1.00. The van der Waals surface area contributed by atoms with Gasteiger partial charge in [0, 0.05) is 24.7 Å². The zero-order chi connectivity index (χ0) is 12.3. The molecule has 0 spiro atoms. The minimum absolute atomic E-state index is 0.426. The van der Waals surface area contributed by atoms with Crippen LogP contribution in [0, 0.1) is 5.92 Å². The van der Waals surface area contributed by atoms with Gasteiger partial charge in [0.2, 0.25) is 0 Å². The van der Waals surface area contributed by atoms with Crippen molar-refractivity contribution in [3.8, 4) is 0 Å². The molecule has 17 heavy (non-hydrogen) atoms. The highest BCUT2D eigenvalue weighted by atomic mass is 15.2. The Balaban J connectivity index is 1.97. The van der Waals surface area contributed by atoms with Crippen molar-refractivity contribution in [3.05, 3.63) is 0 Å². The van der Waals surface area contributed by atoms with Gasteiger partial charge in [-0.1, -0.05) is 39.5 Å². The summed E-state index contributed by atoms with van der Waals surface area (Å²) >= 11 is 0. The fourth-order valence-corrected chi connectivity index (χ4v) is 3.29. The van der Waals surface area contributed by atoms with Crippen LogP contribution >= 0.6 is 0 Å². The van der Waals surface area contributed by atoms with Gasteiger partial charge in [-0.25, -0.2) is 0 Å². The first-order valence-electron chi connectivity index (χ1n) is 7.70. The predicted molar refractivity (Wildman–Crippen MR) is 74.0 cm³/mol. The number of hydrogen-bond donors (Lipinski definition) is 1. The predicted octanol–water partition coefficient (Wildman–Crippen LogP) is 3.16. The summed E-state index contributed by atoms with van der Waals surface area (Å²) in [5.41, 5.74) is 6.45. The van der Waals surface area contributed by atoms with Crippen LogP contribution in [0.3, 0.4) is 0 Å². The van der Waals surface area contributed by atoms with E-state index < -0.39 is 0 Å². The molecular weight excluding hydrogens is 208 g/mol. The van der Waals surface area contributed by atoms with Crippen LogP contribution in [0.5, 0.6) is 0 Å². The maximum atomic E-state index is 6.45. The third kappa shape index (κ3) is 3.96. The van der Waals surface area contributed by atoms with E-state index in [1.165, 1.54) is 57.9 Å². The molecule has 2 unspecified atom stereocenters. The molecule has 0 aromatic heterocycles. The Morgan fingerprint density at radius 2 is 1.65 bits per heavy atom. The summed E-state index contributed by atoms with van der Waals surface area (Å²) in [4.78, 5) is 2.76. The molecule has 2 saturated carbocycles. The molecule has 2 aliphatic carbocycles. The van der Waals surface area contributed by atoms with E-state index in [9.17, 15) is 0 Å². The van der Waals surface area contributed by atoms with Crippen LogP contribution in [-0.2, 0) is 0 Å². The molecule has 2 aliphatic rings. The Kier molecular flexibility index (Phi) is 4.87. The molecule has 2 rings (SSSR count). The maximum Gasteiger partial charge on any atom is 0.0250 e. The van der Waals surface area contributed by atoms with Crippen molar-refractivity contribution in [1.29, 1.82) is 0 Å². The Bertz CT molecular complexity index is 223. The van der Waals surface area contributed by atoms with Crippen molar-refractivity contribution in [2.24, 2.45) is 11.7 Å². The van der Waals surface area contributed by atoms with E-state index >= 15 is 0 Å². The van der Waals surface area contributed by atoms with Crippen molar-refractivity contribution >= 4 is 0 Å². The van der Waals surface area contributed by atoms with E-state index in [-0.39, 0.29) is 0 Å². The summed E-state index contributed by atoms with van der Waals surface area (Å²) < 4.78 is 0. The number of nitrogens with two attached hydrogens (primary N) is 1. The summed E-state index contributed by atoms with van der Waals surface area (Å²) in [7, 11) is 0. The second-order valence-electron chi connectivity index (χ2n) is 6.54. The molecule has 2 N–H and O–H groups in total. The van der Waals surface area contributed by atoms with Gasteiger partial charge in [-0.2, -0.15) is 0 Å².